The molecule has 0 saturated heterocycles. The van der Waals surface area contributed by atoms with Crippen LogP contribution in [0.1, 0.15) is 1.43 Å². The van der Waals surface area contributed by atoms with Crippen LogP contribution in [-0.2, 0) is 0 Å². The Bertz CT molecular complexity index is 190. The van der Waals surface area contributed by atoms with Gasteiger partial charge in [-0.05, 0) is 24.3 Å². The molecule has 0 heterocycles. The second-order valence-electron chi connectivity index (χ2n) is 1.80. The molecule has 0 aromatic heterocycles. The third-order valence-corrected chi connectivity index (χ3v) is 1.16. The summed E-state index contributed by atoms with van der Waals surface area (Å²) in [5, 5.41) is 11.8. The van der Waals surface area contributed by atoms with E-state index in [1.807, 2.05) is 19.2 Å². The average Bonchev–Trinajstić information content (AvgIpc) is 1.90. The van der Waals surface area contributed by atoms with E-state index in [2.05, 4.69) is 5.32 Å². The van der Waals surface area contributed by atoms with Gasteiger partial charge in [0.15, 0.2) is 0 Å². The minimum atomic E-state index is 0. The third-order valence-electron chi connectivity index (χ3n) is 1.16. The second kappa shape index (κ2) is 5.15. The number of benzene rings is 1. The first-order chi connectivity index (χ1) is 4.33. The van der Waals surface area contributed by atoms with E-state index >= 15 is 0 Å². The van der Waals surface area contributed by atoms with Crippen molar-refractivity contribution >= 4 is 5.69 Å². The largest absolute Gasteiger partial charge is 1.00 e. The van der Waals surface area contributed by atoms with Gasteiger partial charge in [-0.15, -0.1) is 0 Å². The van der Waals surface area contributed by atoms with Crippen molar-refractivity contribution < 1.29 is 57.9 Å². The van der Waals surface area contributed by atoms with E-state index in [9.17, 15) is 0 Å². The van der Waals surface area contributed by atoms with Crippen LogP contribution in [-0.4, -0.2) is 12.2 Å². The molecule has 1 aromatic rings. The van der Waals surface area contributed by atoms with E-state index in [4.69, 9.17) is 5.11 Å². The Morgan fingerprint density at radius 1 is 1.30 bits per heavy atom. The number of phenols is 1. The predicted octanol–water partition coefficient (Wildman–Crippen LogP) is -1.45. The zero-order chi connectivity index (χ0) is 6.69. The second-order valence-corrected chi connectivity index (χ2v) is 1.80. The molecule has 0 spiro atoms. The van der Waals surface area contributed by atoms with Crippen LogP contribution < -0.4 is 56.7 Å². The summed E-state index contributed by atoms with van der Waals surface area (Å²) in [6, 6.07) is 6.92. The van der Waals surface area contributed by atoms with Gasteiger partial charge in [-0.1, -0.05) is 0 Å². The summed E-state index contributed by atoms with van der Waals surface area (Å²) in [5.41, 5.74) is 1.01. The molecular weight excluding hydrogens is 153 g/mol. The first-order valence-corrected chi connectivity index (χ1v) is 2.79. The van der Waals surface area contributed by atoms with Crippen molar-refractivity contribution in [2.75, 3.05) is 12.4 Å². The summed E-state index contributed by atoms with van der Waals surface area (Å²) in [7, 11) is 1.84. The quantitative estimate of drug-likeness (QED) is 0.392. The molecule has 10 heavy (non-hydrogen) atoms. The Labute approximate surface area is 105 Å². The monoisotopic (exact) mass is 163 g/mol. The minimum Gasteiger partial charge on any atom is -1.00 e. The number of aromatic hydroxyl groups is 1. The maximum absolute atomic E-state index is 8.82. The van der Waals surface area contributed by atoms with Gasteiger partial charge in [0.25, 0.3) is 0 Å². The van der Waals surface area contributed by atoms with Crippen molar-refractivity contribution in [3.63, 3.8) is 0 Å². The van der Waals surface area contributed by atoms with Crippen molar-refractivity contribution in [1.82, 2.24) is 0 Å². The molecule has 0 amide bonds. The summed E-state index contributed by atoms with van der Waals surface area (Å²) in [6.45, 7) is 0. The van der Waals surface area contributed by atoms with Crippen LogP contribution in [0.3, 0.4) is 0 Å². The smallest absolute Gasteiger partial charge is 1.00 e. The van der Waals surface area contributed by atoms with Crippen LogP contribution in [0.25, 0.3) is 0 Å². The van der Waals surface area contributed by atoms with Crippen molar-refractivity contribution in [3.8, 4) is 5.75 Å². The molecule has 50 valence electrons. The van der Waals surface area contributed by atoms with Gasteiger partial charge in [-0.25, -0.2) is 0 Å². The van der Waals surface area contributed by atoms with Gasteiger partial charge in [0, 0.05) is 12.7 Å². The van der Waals surface area contributed by atoms with Gasteiger partial charge in [0.05, 0.1) is 0 Å². The Hall–Kier alpha value is 0.456. The molecule has 0 unspecified atom stereocenters. The SMILES string of the molecule is CNc1ccc(O)cc1.[H-].[K+]. The van der Waals surface area contributed by atoms with Crippen molar-refractivity contribution in [3.05, 3.63) is 24.3 Å². The predicted molar refractivity (Wildman–Crippen MR) is 38.8 cm³/mol. The average molecular weight is 163 g/mol. The third kappa shape index (κ3) is 3.03. The number of rotatable bonds is 1. The van der Waals surface area contributed by atoms with Gasteiger partial charge in [-0.3, -0.25) is 0 Å². The molecule has 0 aliphatic carbocycles. The van der Waals surface area contributed by atoms with Crippen molar-refractivity contribution in [2.45, 2.75) is 0 Å². The fourth-order valence-corrected chi connectivity index (χ4v) is 0.628. The van der Waals surface area contributed by atoms with E-state index in [0.717, 1.165) is 5.69 Å². The topological polar surface area (TPSA) is 32.3 Å². The van der Waals surface area contributed by atoms with Gasteiger partial charge in [-0.2, -0.15) is 0 Å². The molecule has 3 heteroatoms. The molecule has 1 aromatic carbocycles. The summed E-state index contributed by atoms with van der Waals surface area (Å²) in [5.74, 6) is 0.300. The standard InChI is InChI=1S/C7H9NO.K.H/c1-8-6-2-4-7(9)5-3-6;;/h2-5,8-9H,1H3;;/q;+1;-1. The summed E-state index contributed by atoms with van der Waals surface area (Å²) in [6.07, 6.45) is 0. The molecule has 2 nitrogen and oxygen atoms in total. The zero-order valence-electron chi connectivity index (χ0n) is 7.26. The fraction of sp³-hybridized carbons (Fsp3) is 0.143. The summed E-state index contributed by atoms with van der Waals surface area (Å²) >= 11 is 0. The van der Waals surface area contributed by atoms with Crippen molar-refractivity contribution in [2.24, 2.45) is 0 Å². The minimum absolute atomic E-state index is 0. The van der Waals surface area contributed by atoms with Crippen LogP contribution >= 0.6 is 0 Å². The van der Waals surface area contributed by atoms with Crippen LogP contribution in [0.15, 0.2) is 24.3 Å². The van der Waals surface area contributed by atoms with E-state index in [-0.39, 0.29) is 52.8 Å². The number of hydrogen-bond acceptors (Lipinski definition) is 2. The van der Waals surface area contributed by atoms with Crippen LogP contribution in [0, 0.1) is 0 Å². The van der Waals surface area contributed by atoms with Gasteiger partial charge >= 0.3 is 51.4 Å². The molecule has 0 atom stereocenters. The Balaban J connectivity index is 0. The van der Waals surface area contributed by atoms with E-state index in [1.165, 1.54) is 0 Å². The van der Waals surface area contributed by atoms with Gasteiger partial charge in [0.2, 0.25) is 0 Å². The molecule has 0 aliphatic rings. The number of nitrogens with one attached hydrogen (secondary N) is 1. The molecule has 1 rings (SSSR count). The molecule has 0 saturated carbocycles. The summed E-state index contributed by atoms with van der Waals surface area (Å²) in [4.78, 5) is 0. The Morgan fingerprint density at radius 3 is 2.20 bits per heavy atom. The maximum Gasteiger partial charge on any atom is 1.00 e. The fourth-order valence-electron chi connectivity index (χ4n) is 0.628. The van der Waals surface area contributed by atoms with E-state index < -0.39 is 0 Å². The molecule has 0 bridgehead atoms. The van der Waals surface area contributed by atoms with Gasteiger partial charge in [0.1, 0.15) is 5.75 Å². The molecule has 2 N–H and O–H groups in total. The van der Waals surface area contributed by atoms with Crippen molar-refractivity contribution in [1.29, 1.82) is 0 Å². The maximum atomic E-state index is 8.82. The first kappa shape index (κ1) is 10.5. The van der Waals surface area contributed by atoms with Crippen LogP contribution in [0.2, 0.25) is 0 Å². The van der Waals surface area contributed by atoms with E-state index in [1.54, 1.807) is 12.1 Å². The first-order valence-electron chi connectivity index (χ1n) is 2.79. The van der Waals surface area contributed by atoms with Crippen LogP contribution in [0.5, 0.6) is 5.75 Å². The summed E-state index contributed by atoms with van der Waals surface area (Å²) < 4.78 is 0. The number of phenolic OH excluding ortho intramolecular Hbond substituents is 1. The normalized spacial score (nSPS) is 8.10. The molecule has 0 radical (unpaired) electrons. The Kier molecular flexibility index (Phi) is 5.39. The van der Waals surface area contributed by atoms with Crippen LogP contribution in [0.4, 0.5) is 5.69 Å². The molecule has 0 fully saturated rings. The molecular formula is C7H10KNO. The number of hydrogen-bond donors (Lipinski definition) is 2. The van der Waals surface area contributed by atoms with E-state index in [0.29, 0.717) is 5.75 Å². The van der Waals surface area contributed by atoms with Gasteiger partial charge < -0.3 is 11.8 Å². The number of anilines is 1. The zero-order valence-corrected chi connectivity index (χ0v) is 9.38. The Morgan fingerprint density at radius 2 is 1.80 bits per heavy atom. The molecule has 0 aliphatic heterocycles.